The van der Waals surface area contributed by atoms with E-state index in [0.717, 1.165) is 20.8 Å². The number of carbonyl (C=O) groups excluding carboxylic acids is 1. The second-order valence-electron chi connectivity index (χ2n) is 5.38. The molecule has 26 heavy (non-hydrogen) atoms. The molecule has 136 valence electrons. The van der Waals surface area contributed by atoms with Gasteiger partial charge in [-0.3, -0.25) is 4.79 Å². The molecule has 0 unspecified atom stereocenters. The Morgan fingerprint density at radius 1 is 1.27 bits per heavy atom. The third-order valence-corrected chi connectivity index (χ3v) is 5.36. The van der Waals surface area contributed by atoms with Gasteiger partial charge < -0.3 is 9.64 Å². The van der Waals surface area contributed by atoms with Crippen LogP contribution >= 0.6 is 23.1 Å². The van der Waals surface area contributed by atoms with Crippen molar-refractivity contribution in [3.05, 3.63) is 47.6 Å². The van der Waals surface area contributed by atoms with Gasteiger partial charge in [0.2, 0.25) is 5.91 Å². The van der Waals surface area contributed by atoms with Crippen LogP contribution in [0.25, 0.3) is 10.2 Å². The number of carbonyl (C=O) groups is 1. The first-order valence-corrected chi connectivity index (χ1v) is 9.48. The number of rotatable bonds is 7. The predicted octanol–water partition coefficient (Wildman–Crippen LogP) is 4.04. The van der Waals surface area contributed by atoms with E-state index in [9.17, 15) is 13.6 Å². The summed E-state index contributed by atoms with van der Waals surface area (Å²) in [6.45, 7) is -2.47. The number of alkyl halides is 2. The summed E-state index contributed by atoms with van der Waals surface area (Å²) in [5.74, 6) is 0.298. The van der Waals surface area contributed by atoms with E-state index in [2.05, 4.69) is 14.7 Å². The standard InChI is InChI=1S/C17H15F2N3O2S2/c1-22(8-11-2-4-12(5-3-11)24-17(18)19)14(23)9-26-16-13-6-7-25-15(13)20-10-21-16/h2-7,10,17H,8-9H2,1H3. The van der Waals surface area contributed by atoms with E-state index in [0.29, 0.717) is 6.54 Å². The number of nitrogens with zero attached hydrogens (tertiary/aromatic N) is 3. The second kappa shape index (κ2) is 8.41. The molecule has 0 saturated heterocycles. The van der Waals surface area contributed by atoms with Crippen LogP contribution in [-0.4, -0.2) is 40.2 Å². The van der Waals surface area contributed by atoms with E-state index in [1.165, 1.54) is 41.6 Å². The Morgan fingerprint density at radius 2 is 2.04 bits per heavy atom. The van der Waals surface area contributed by atoms with Crippen LogP contribution in [-0.2, 0) is 11.3 Å². The Bertz CT molecular complexity index is 887. The number of hydrogen-bond acceptors (Lipinski definition) is 6. The number of thioether (sulfide) groups is 1. The SMILES string of the molecule is CN(Cc1ccc(OC(F)F)cc1)C(=O)CSc1ncnc2sccc12. The Balaban J connectivity index is 1.55. The number of hydrogen-bond donors (Lipinski definition) is 0. The van der Waals surface area contributed by atoms with Gasteiger partial charge in [0, 0.05) is 19.0 Å². The molecule has 0 spiro atoms. The fourth-order valence-electron chi connectivity index (χ4n) is 2.26. The van der Waals surface area contributed by atoms with Crippen molar-refractivity contribution in [1.29, 1.82) is 0 Å². The Labute approximate surface area is 157 Å². The molecule has 5 nitrogen and oxygen atoms in total. The Hall–Kier alpha value is -2.26. The summed E-state index contributed by atoms with van der Waals surface area (Å²) < 4.78 is 28.6. The van der Waals surface area contributed by atoms with Crippen LogP contribution in [0.1, 0.15) is 5.56 Å². The van der Waals surface area contributed by atoms with Crippen LogP contribution < -0.4 is 4.74 Å². The first-order chi connectivity index (χ1) is 12.5. The molecule has 0 aliphatic heterocycles. The van der Waals surface area contributed by atoms with Gasteiger partial charge >= 0.3 is 6.61 Å². The van der Waals surface area contributed by atoms with Crippen molar-refractivity contribution >= 4 is 39.2 Å². The number of ether oxygens (including phenoxy) is 1. The molecular weight excluding hydrogens is 380 g/mol. The zero-order valence-corrected chi connectivity index (χ0v) is 15.4. The monoisotopic (exact) mass is 395 g/mol. The molecule has 0 bridgehead atoms. The molecule has 0 fully saturated rings. The fourth-order valence-corrected chi connectivity index (χ4v) is 3.98. The van der Waals surface area contributed by atoms with Gasteiger partial charge in [-0.05, 0) is 29.1 Å². The van der Waals surface area contributed by atoms with Crippen molar-refractivity contribution in [3.8, 4) is 5.75 Å². The van der Waals surface area contributed by atoms with Crippen LogP contribution in [0.15, 0.2) is 47.1 Å². The molecule has 1 aromatic carbocycles. The second-order valence-corrected chi connectivity index (χ2v) is 7.24. The number of amides is 1. The van der Waals surface area contributed by atoms with Crippen LogP contribution in [0.5, 0.6) is 5.75 Å². The molecular formula is C17H15F2N3O2S2. The number of thiophene rings is 1. The molecule has 0 aliphatic carbocycles. The summed E-state index contributed by atoms with van der Waals surface area (Å²) in [5.41, 5.74) is 0.828. The van der Waals surface area contributed by atoms with Crippen molar-refractivity contribution in [2.24, 2.45) is 0 Å². The van der Waals surface area contributed by atoms with Crippen LogP contribution in [0.3, 0.4) is 0 Å². The maximum absolute atomic E-state index is 12.3. The minimum absolute atomic E-state index is 0.0510. The molecule has 9 heteroatoms. The normalized spacial score (nSPS) is 11.1. The summed E-state index contributed by atoms with van der Waals surface area (Å²) in [7, 11) is 1.70. The van der Waals surface area contributed by atoms with Gasteiger partial charge in [-0.2, -0.15) is 8.78 Å². The van der Waals surface area contributed by atoms with E-state index < -0.39 is 6.61 Å². The van der Waals surface area contributed by atoms with Crippen LogP contribution in [0, 0.1) is 0 Å². The summed E-state index contributed by atoms with van der Waals surface area (Å²) in [6, 6.07) is 8.19. The number of aromatic nitrogens is 2. The maximum atomic E-state index is 12.3. The number of fused-ring (bicyclic) bond motifs is 1. The third kappa shape index (κ3) is 4.67. The molecule has 0 atom stereocenters. The Morgan fingerprint density at radius 3 is 2.77 bits per heavy atom. The van der Waals surface area contributed by atoms with E-state index >= 15 is 0 Å². The minimum atomic E-state index is -2.85. The molecule has 1 amide bonds. The molecule has 0 N–H and O–H groups in total. The lowest BCUT2D eigenvalue weighted by Crippen LogP contribution is -2.27. The summed E-state index contributed by atoms with van der Waals surface area (Å²) in [6.07, 6.45) is 1.50. The van der Waals surface area contributed by atoms with Gasteiger partial charge in [-0.15, -0.1) is 11.3 Å². The van der Waals surface area contributed by atoms with Crippen molar-refractivity contribution in [3.63, 3.8) is 0 Å². The lowest BCUT2D eigenvalue weighted by Gasteiger charge is -2.17. The molecule has 2 heterocycles. The van der Waals surface area contributed by atoms with E-state index in [1.807, 2.05) is 11.4 Å². The predicted molar refractivity (Wildman–Crippen MR) is 97.7 cm³/mol. The van der Waals surface area contributed by atoms with Gasteiger partial charge in [0.25, 0.3) is 0 Å². The van der Waals surface area contributed by atoms with Crippen molar-refractivity contribution < 1.29 is 18.3 Å². The Kier molecular flexibility index (Phi) is 6.00. The smallest absolute Gasteiger partial charge is 0.387 e. The highest BCUT2D eigenvalue weighted by Gasteiger charge is 2.13. The average molecular weight is 395 g/mol. The van der Waals surface area contributed by atoms with Crippen molar-refractivity contribution in [2.75, 3.05) is 12.8 Å². The lowest BCUT2D eigenvalue weighted by atomic mass is 10.2. The van der Waals surface area contributed by atoms with Gasteiger partial charge in [0.05, 0.1) is 5.75 Å². The van der Waals surface area contributed by atoms with Gasteiger partial charge in [0.1, 0.15) is 21.9 Å². The molecule has 0 saturated carbocycles. The molecule has 3 rings (SSSR count). The molecule has 0 aliphatic rings. The fraction of sp³-hybridized carbons (Fsp3) is 0.235. The first kappa shape index (κ1) is 18.5. The molecule has 0 radical (unpaired) electrons. The topological polar surface area (TPSA) is 55.3 Å². The van der Waals surface area contributed by atoms with Crippen molar-refractivity contribution in [1.82, 2.24) is 14.9 Å². The maximum Gasteiger partial charge on any atom is 0.387 e. The van der Waals surface area contributed by atoms with E-state index in [4.69, 9.17) is 0 Å². The van der Waals surface area contributed by atoms with Crippen LogP contribution in [0.2, 0.25) is 0 Å². The number of halogens is 2. The highest BCUT2D eigenvalue weighted by Crippen LogP contribution is 2.27. The van der Waals surface area contributed by atoms with Crippen LogP contribution in [0.4, 0.5) is 8.78 Å². The van der Waals surface area contributed by atoms with Gasteiger partial charge in [-0.25, -0.2) is 9.97 Å². The highest BCUT2D eigenvalue weighted by molar-refractivity contribution is 8.00. The van der Waals surface area contributed by atoms with Crippen molar-refractivity contribution in [2.45, 2.75) is 18.2 Å². The first-order valence-electron chi connectivity index (χ1n) is 7.61. The largest absolute Gasteiger partial charge is 0.435 e. The molecule has 3 aromatic rings. The third-order valence-electron chi connectivity index (χ3n) is 3.55. The zero-order valence-electron chi connectivity index (χ0n) is 13.8. The summed E-state index contributed by atoms with van der Waals surface area (Å²) in [4.78, 5) is 23.3. The average Bonchev–Trinajstić information content (AvgIpc) is 3.10. The van der Waals surface area contributed by atoms with E-state index in [1.54, 1.807) is 24.1 Å². The highest BCUT2D eigenvalue weighted by atomic mass is 32.2. The quantitative estimate of drug-likeness (QED) is 0.446. The summed E-state index contributed by atoms with van der Waals surface area (Å²) in [5, 5.41) is 3.68. The number of benzene rings is 1. The lowest BCUT2D eigenvalue weighted by molar-refractivity contribution is -0.127. The van der Waals surface area contributed by atoms with E-state index in [-0.39, 0.29) is 17.4 Å². The molecule has 2 aromatic heterocycles. The van der Waals surface area contributed by atoms with Gasteiger partial charge in [0.15, 0.2) is 0 Å². The zero-order chi connectivity index (χ0) is 18.5. The van der Waals surface area contributed by atoms with Gasteiger partial charge in [-0.1, -0.05) is 23.9 Å². The minimum Gasteiger partial charge on any atom is -0.435 e. The summed E-state index contributed by atoms with van der Waals surface area (Å²) >= 11 is 2.90.